The Hall–Kier alpha value is -2.45. The van der Waals surface area contributed by atoms with Crippen LogP contribution in [0.1, 0.15) is 19.5 Å². The van der Waals surface area contributed by atoms with Crippen molar-refractivity contribution < 1.29 is 8.42 Å². The third-order valence-corrected chi connectivity index (χ3v) is 8.11. The number of benzene rings is 2. The van der Waals surface area contributed by atoms with Gasteiger partial charge in [-0.3, -0.25) is 4.90 Å². The third kappa shape index (κ3) is 5.22. The molecule has 0 aliphatic rings. The van der Waals surface area contributed by atoms with E-state index >= 15 is 0 Å². The quantitative estimate of drug-likeness (QED) is 0.291. The van der Waals surface area contributed by atoms with Gasteiger partial charge in [0.05, 0.1) is 31.9 Å². The van der Waals surface area contributed by atoms with Gasteiger partial charge in [-0.15, -0.1) is 11.3 Å². The smallest absolute Gasteiger partial charge is 0.175 e. The van der Waals surface area contributed by atoms with Crippen molar-refractivity contribution in [3.8, 4) is 26.7 Å². The van der Waals surface area contributed by atoms with E-state index in [1.165, 1.54) is 6.26 Å². The highest BCUT2D eigenvalue weighted by molar-refractivity contribution is 7.90. The van der Waals surface area contributed by atoms with E-state index in [-0.39, 0.29) is 0 Å². The first-order chi connectivity index (χ1) is 15.8. The van der Waals surface area contributed by atoms with Crippen molar-refractivity contribution >= 4 is 32.8 Å². The summed E-state index contributed by atoms with van der Waals surface area (Å²) in [5.74, 6) is 0. The Kier molecular flexibility index (Phi) is 7.05. The molecule has 5 nitrogen and oxygen atoms in total. The first-order valence-electron chi connectivity index (χ1n) is 10.8. The number of rotatable bonds is 8. The van der Waals surface area contributed by atoms with Crippen molar-refractivity contribution in [2.75, 3.05) is 19.3 Å². The zero-order valence-electron chi connectivity index (χ0n) is 18.8. The number of para-hydroxylation sites is 1. The lowest BCUT2D eigenvalue weighted by Gasteiger charge is -2.15. The van der Waals surface area contributed by atoms with Gasteiger partial charge in [-0.2, -0.15) is 5.10 Å². The predicted molar refractivity (Wildman–Crippen MR) is 137 cm³/mol. The van der Waals surface area contributed by atoms with Gasteiger partial charge in [0.15, 0.2) is 9.84 Å². The fraction of sp³-hybridized carbons (Fsp3) is 0.240. The zero-order valence-corrected chi connectivity index (χ0v) is 21.2. The molecule has 0 spiro atoms. The summed E-state index contributed by atoms with van der Waals surface area (Å²) < 4.78 is 25.9. The summed E-state index contributed by atoms with van der Waals surface area (Å²) in [7, 11) is -3.27. The average molecular weight is 500 g/mol. The van der Waals surface area contributed by atoms with E-state index < -0.39 is 9.84 Å². The minimum Gasteiger partial charge on any atom is -0.298 e. The van der Waals surface area contributed by atoms with E-state index in [0.717, 1.165) is 52.0 Å². The molecule has 0 saturated heterocycles. The molecule has 0 N–H and O–H groups in total. The highest BCUT2D eigenvalue weighted by Crippen LogP contribution is 2.37. The van der Waals surface area contributed by atoms with Crippen LogP contribution < -0.4 is 0 Å². The second-order valence-electron chi connectivity index (χ2n) is 7.81. The Morgan fingerprint density at radius 2 is 1.70 bits per heavy atom. The fourth-order valence-electron chi connectivity index (χ4n) is 3.68. The fourth-order valence-corrected chi connectivity index (χ4v) is 5.56. The number of halogens is 1. The van der Waals surface area contributed by atoms with Crippen LogP contribution in [-0.2, 0) is 16.4 Å². The molecular weight excluding hydrogens is 474 g/mol. The molecule has 0 fully saturated rings. The summed E-state index contributed by atoms with van der Waals surface area (Å²) in [6, 6.07) is 20.9. The molecule has 0 amide bonds. The van der Waals surface area contributed by atoms with E-state index in [1.54, 1.807) is 29.5 Å². The van der Waals surface area contributed by atoms with Crippen molar-refractivity contribution in [2.45, 2.75) is 25.3 Å². The molecule has 8 heteroatoms. The third-order valence-electron chi connectivity index (χ3n) is 5.53. The van der Waals surface area contributed by atoms with Gasteiger partial charge >= 0.3 is 0 Å². The van der Waals surface area contributed by atoms with Gasteiger partial charge in [-0.25, -0.2) is 13.1 Å². The van der Waals surface area contributed by atoms with Crippen LogP contribution in [0.2, 0.25) is 5.02 Å². The van der Waals surface area contributed by atoms with E-state index in [1.807, 2.05) is 41.1 Å². The van der Waals surface area contributed by atoms with Crippen LogP contribution in [0.25, 0.3) is 26.7 Å². The zero-order chi connectivity index (χ0) is 23.6. The second kappa shape index (κ2) is 9.81. The van der Waals surface area contributed by atoms with Gasteiger partial charge in [0.25, 0.3) is 0 Å². The molecule has 172 valence electrons. The van der Waals surface area contributed by atoms with Crippen molar-refractivity contribution in [1.82, 2.24) is 14.7 Å². The SMILES string of the molecule is CCN(CC)Cc1cc(-c2ccc(-c3cccc(S(C)(=O)=O)c3)s2)n(-c2ccccc2Cl)n1. The second-order valence-corrected chi connectivity index (χ2v) is 11.3. The number of hydrogen-bond acceptors (Lipinski definition) is 5. The van der Waals surface area contributed by atoms with Crippen LogP contribution in [-0.4, -0.2) is 42.4 Å². The molecule has 2 heterocycles. The highest BCUT2D eigenvalue weighted by Gasteiger charge is 2.17. The van der Waals surface area contributed by atoms with Gasteiger partial charge in [0, 0.05) is 17.7 Å². The predicted octanol–water partition coefficient (Wildman–Crippen LogP) is 6.17. The number of hydrogen-bond donors (Lipinski definition) is 0. The Morgan fingerprint density at radius 3 is 2.39 bits per heavy atom. The van der Waals surface area contributed by atoms with Crippen LogP contribution in [0.15, 0.2) is 71.6 Å². The number of thiophene rings is 1. The molecule has 0 atom stereocenters. The number of aromatic nitrogens is 2. The van der Waals surface area contributed by atoms with E-state index in [0.29, 0.717) is 9.92 Å². The molecule has 4 aromatic rings. The van der Waals surface area contributed by atoms with Crippen molar-refractivity contribution in [1.29, 1.82) is 0 Å². The first kappa shape index (κ1) is 23.7. The summed E-state index contributed by atoms with van der Waals surface area (Å²) in [4.78, 5) is 4.66. The molecule has 0 aliphatic carbocycles. The summed E-state index contributed by atoms with van der Waals surface area (Å²) in [6.07, 6.45) is 1.23. The first-order valence-corrected chi connectivity index (χ1v) is 13.9. The van der Waals surface area contributed by atoms with Crippen LogP contribution in [0, 0.1) is 0 Å². The normalized spacial score (nSPS) is 11.9. The molecule has 33 heavy (non-hydrogen) atoms. The van der Waals surface area contributed by atoms with Gasteiger partial charge in [-0.1, -0.05) is 49.7 Å². The van der Waals surface area contributed by atoms with Gasteiger partial charge in [0.2, 0.25) is 0 Å². The van der Waals surface area contributed by atoms with Gasteiger partial charge < -0.3 is 0 Å². The molecule has 4 rings (SSSR count). The van der Waals surface area contributed by atoms with Crippen LogP contribution in [0.4, 0.5) is 0 Å². The lowest BCUT2D eigenvalue weighted by Crippen LogP contribution is -2.22. The molecule has 2 aromatic heterocycles. The van der Waals surface area contributed by atoms with Gasteiger partial charge in [0.1, 0.15) is 0 Å². The molecule has 0 unspecified atom stereocenters. The molecule has 0 saturated carbocycles. The lowest BCUT2D eigenvalue weighted by atomic mass is 10.2. The van der Waals surface area contributed by atoms with Crippen LogP contribution in [0.5, 0.6) is 0 Å². The largest absolute Gasteiger partial charge is 0.298 e. The maximum absolute atomic E-state index is 12.0. The number of nitrogens with zero attached hydrogens (tertiary/aromatic N) is 3. The minimum absolute atomic E-state index is 0.317. The molecule has 2 aromatic carbocycles. The Labute approximate surface area is 204 Å². The van der Waals surface area contributed by atoms with Crippen molar-refractivity contribution in [3.05, 3.63) is 77.4 Å². The maximum Gasteiger partial charge on any atom is 0.175 e. The van der Waals surface area contributed by atoms with Crippen LogP contribution >= 0.6 is 22.9 Å². The monoisotopic (exact) mass is 499 g/mol. The van der Waals surface area contributed by atoms with Gasteiger partial charge in [-0.05, 0) is 61.1 Å². The molecule has 0 aliphatic heterocycles. The maximum atomic E-state index is 12.0. The summed E-state index contributed by atoms with van der Waals surface area (Å²) in [5, 5.41) is 5.53. The Bertz CT molecular complexity index is 1370. The van der Waals surface area contributed by atoms with Crippen LogP contribution in [0.3, 0.4) is 0 Å². The standard InChI is InChI=1S/C25H26ClN3O2S2/c1-4-28(5-2)17-19-16-23(29(27-19)22-12-7-6-11-21(22)26)25-14-13-24(32-25)18-9-8-10-20(15-18)33(3,30)31/h6-16H,4-5,17H2,1-3H3. The molecule has 0 bridgehead atoms. The topological polar surface area (TPSA) is 55.2 Å². The molecular formula is C25H26ClN3O2S2. The van der Waals surface area contributed by atoms with Crippen molar-refractivity contribution in [2.24, 2.45) is 0 Å². The summed E-state index contributed by atoms with van der Waals surface area (Å²) in [6.45, 7) is 6.94. The van der Waals surface area contributed by atoms with Crippen molar-refractivity contribution in [3.63, 3.8) is 0 Å². The average Bonchev–Trinajstić information content (AvgIpc) is 3.45. The Morgan fingerprint density at radius 1 is 0.970 bits per heavy atom. The van der Waals surface area contributed by atoms with E-state index in [2.05, 4.69) is 30.9 Å². The minimum atomic E-state index is -3.27. The van der Waals surface area contributed by atoms with E-state index in [9.17, 15) is 8.42 Å². The molecule has 0 radical (unpaired) electrons. The highest BCUT2D eigenvalue weighted by atomic mass is 35.5. The summed E-state index contributed by atoms with van der Waals surface area (Å²) in [5.41, 5.74) is 3.64. The van der Waals surface area contributed by atoms with E-state index in [4.69, 9.17) is 16.7 Å². The number of sulfone groups is 1. The lowest BCUT2D eigenvalue weighted by molar-refractivity contribution is 0.291. The summed E-state index contributed by atoms with van der Waals surface area (Å²) >= 11 is 8.13. The Balaban J connectivity index is 1.78.